The summed E-state index contributed by atoms with van der Waals surface area (Å²) < 4.78 is 1.51. The third-order valence-corrected chi connectivity index (χ3v) is 3.54. The fourth-order valence-corrected chi connectivity index (χ4v) is 2.46. The number of aromatic nitrogens is 1. The third kappa shape index (κ3) is 1.29. The molecule has 5 heteroatoms. The zero-order valence-electron chi connectivity index (χ0n) is 5.64. The highest BCUT2D eigenvalue weighted by atomic mass is 35.5. The van der Waals surface area contributed by atoms with Gasteiger partial charge in [0, 0.05) is 0 Å². The summed E-state index contributed by atoms with van der Waals surface area (Å²) in [6, 6.07) is 3.57. The molecule has 0 bridgehead atoms. The Morgan fingerprint density at radius 1 is 1.17 bits per heavy atom. The van der Waals surface area contributed by atoms with Crippen molar-refractivity contribution >= 4 is 56.4 Å². The molecule has 0 amide bonds. The first-order valence-corrected chi connectivity index (χ1v) is 5.03. The third-order valence-electron chi connectivity index (χ3n) is 1.40. The first-order valence-electron chi connectivity index (χ1n) is 3.08. The number of rotatable bonds is 0. The summed E-state index contributed by atoms with van der Waals surface area (Å²) in [7, 11) is 0. The minimum atomic E-state index is 0.430. The van der Waals surface area contributed by atoms with Crippen LogP contribution in [0, 0.1) is 0 Å². The second-order valence-electron chi connectivity index (χ2n) is 2.17. The maximum atomic E-state index is 5.87. The minimum absolute atomic E-state index is 0.430. The van der Waals surface area contributed by atoms with Crippen molar-refractivity contribution in [2.24, 2.45) is 0 Å². The molecule has 2 aromatic heterocycles. The highest BCUT2D eigenvalue weighted by Gasteiger charge is 2.09. The van der Waals surface area contributed by atoms with Crippen molar-refractivity contribution in [2.75, 3.05) is 0 Å². The Bertz CT molecular complexity index is 437. The average molecular weight is 239 g/mol. The molecule has 0 spiro atoms. The first kappa shape index (κ1) is 8.57. The molecule has 0 atom stereocenters. The van der Waals surface area contributed by atoms with Gasteiger partial charge in [0.15, 0.2) is 0 Å². The highest BCUT2D eigenvalue weighted by Crippen LogP contribution is 2.38. The van der Waals surface area contributed by atoms with E-state index in [0.29, 0.717) is 20.0 Å². The molecule has 0 N–H and O–H groups in total. The molecule has 0 saturated heterocycles. The predicted molar refractivity (Wildman–Crippen MR) is 54.7 cm³/mol. The molecule has 62 valence electrons. The Balaban J connectivity index is 2.88. The molecule has 0 radical (unpaired) electrons. The largest absolute Gasteiger partial charge is 0.234 e. The number of thiophene rings is 1. The number of fused-ring (bicyclic) bond motifs is 1. The van der Waals surface area contributed by atoms with Gasteiger partial charge in [0.05, 0.1) is 9.72 Å². The summed E-state index contributed by atoms with van der Waals surface area (Å²) in [5, 5.41) is 0.915. The molecule has 2 heterocycles. The van der Waals surface area contributed by atoms with Crippen molar-refractivity contribution in [3.63, 3.8) is 0 Å². The van der Waals surface area contributed by atoms with E-state index in [0.717, 1.165) is 4.70 Å². The van der Waals surface area contributed by atoms with E-state index in [1.54, 1.807) is 6.07 Å². The van der Waals surface area contributed by atoms with E-state index in [2.05, 4.69) is 4.98 Å². The second kappa shape index (κ2) is 3.04. The van der Waals surface area contributed by atoms with Crippen LogP contribution in [-0.2, 0) is 0 Å². The topological polar surface area (TPSA) is 12.9 Å². The van der Waals surface area contributed by atoms with Gasteiger partial charge in [-0.05, 0) is 12.1 Å². The van der Waals surface area contributed by atoms with Gasteiger partial charge in [-0.2, -0.15) is 0 Å². The van der Waals surface area contributed by atoms with Crippen LogP contribution in [0.5, 0.6) is 0 Å². The van der Waals surface area contributed by atoms with Crippen molar-refractivity contribution < 1.29 is 0 Å². The van der Waals surface area contributed by atoms with Gasteiger partial charge in [-0.25, -0.2) is 4.98 Å². The summed E-state index contributed by atoms with van der Waals surface area (Å²) in [6.45, 7) is 0. The quantitative estimate of drug-likeness (QED) is 0.625. The molecule has 0 saturated carbocycles. The molecular weight excluding hydrogens is 237 g/mol. The average Bonchev–Trinajstić information content (AvgIpc) is 2.31. The fraction of sp³-hybridized carbons (Fsp3) is 0. The Morgan fingerprint density at radius 3 is 2.67 bits per heavy atom. The Labute approximate surface area is 87.9 Å². The normalized spacial score (nSPS) is 10.9. The van der Waals surface area contributed by atoms with Crippen molar-refractivity contribution in [2.45, 2.75) is 0 Å². The zero-order chi connectivity index (χ0) is 8.72. The van der Waals surface area contributed by atoms with Crippen LogP contribution in [0.2, 0.25) is 14.5 Å². The summed E-state index contributed by atoms with van der Waals surface area (Å²) in [5.41, 5.74) is 0.680. The van der Waals surface area contributed by atoms with Crippen LogP contribution in [0.25, 0.3) is 10.2 Å². The monoisotopic (exact) mass is 237 g/mol. The maximum Gasteiger partial charge on any atom is 0.129 e. The lowest BCUT2D eigenvalue weighted by Crippen LogP contribution is -1.73. The lowest BCUT2D eigenvalue weighted by Gasteiger charge is -1.89. The first-order chi connectivity index (χ1) is 5.68. The van der Waals surface area contributed by atoms with Crippen molar-refractivity contribution in [3.8, 4) is 0 Å². The molecule has 0 unspecified atom stereocenters. The zero-order valence-corrected chi connectivity index (χ0v) is 8.73. The summed E-state index contributed by atoms with van der Waals surface area (Å²) in [5.74, 6) is 0. The van der Waals surface area contributed by atoms with Gasteiger partial charge in [-0.3, -0.25) is 0 Å². The van der Waals surface area contributed by atoms with Crippen LogP contribution < -0.4 is 0 Å². The lowest BCUT2D eigenvalue weighted by molar-refractivity contribution is 1.43. The van der Waals surface area contributed by atoms with Gasteiger partial charge in [0.1, 0.15) is 15.0 Å². The van der Waals surface area contributed by atoms with Gasteiger partial charge < -0.3 is 0 Å². The molecule has 0 aliphatic rings. The number of pyridine rings is 1. The van der Waals surface area contributed by atoms with E-state index in [9.17, 15) is 0 Å². The smallest absolute Gasteiger partial charge is 0.129 e. The fourth-order valence-electron chi connectivity index (χ4n) is 0.897. The van der Waals surface area contributed by atoms with E-state index < -0.39 is 0 Å². The van der Waals surface area contributed by atoms with Gasteiger partial charge in [0.25, 0.3) is 0 Å². The summed E-state index contributed by atoms with van der Waals surface area (Å²) in [6.07, 6.45) is 0. The standard InChI is InChI=1S/C7H2Cl3NS/c8-4-2-1-3-6(11-4)5(9)7(10)12-3/h1-2H. The number of halogens is 3. The van der Waals surface area contributed by atoms with Gasteiger partial charge in [0.2, 0.25) is 0 Å². The maximum absolute atomic E-state index is 5.87. The van der Waals surface area contributed by atoms with Crippen LogP contribution in [0.1, 0.15) is 0 Å². The van der Waals surface area contributed by atoms with Crippen molar-refractivity contribution in [1.29, 1.82) is 0 Å². The van der Waals surface area contributed by atoms with Crippen molar-refractivity contribution in [3.05, 3.63) is 26.6 Å². The van der Waals surface area contributed by atoms with E-state index >= 15 is 0 Å². The number of hydrogen-bond acceptors (Lipinski definition) is 2. The predicted octanol–water partition coefficient (Wildman–Crippen LogP) is 4.26. The Kier molecular flexibility index (Phi) is 2.17. The Hall–Kier alpha value is -0.0200. The van der Waals surface area contributed by atoms with Crippen LogP contribution in [-0.4, -0.2) is 4.98 Å². The van der Waals surface area contributed by atoms with Crippen LogP contribution in [0.15, 0.2) is 12.1 Å². The Morgan fingerprint density at radius 2 is 1.92 bits per heavy atom. The lowest BCUT2D eigenvalue weighted by atomic mass is 10.4. The van der Waals surface area contributed by atoms with Gasteiger partial charge >= 0.3 is 0 Å². The second-order valence-corrected chi connectivity index (χ2v) is 4.59. The van der Waals surface area contributed by atoms with E-state index in [1.807, 2.05) is 6.07 Å². The van der Waals surface area contributed by atoms with Crippen LogP contribution >= 0.6 is 46.1 Å². The molecule has 2 rings (SSSR count). The van der Waals surface area contributed by atoms with E-state index in [-0.39, 0.29) is 0 Å². The SMILES string of the molecule is Clc1ccc2sc(Cl)c(Cl)c2n1. The van der Waals surface area contributed by atoms with Gasteiger partial charge in [-0.1, -0.05) is 34.8 Å². The van der Waals surface area contributed by atoms with Crippen LogP contribution in [0.3, 0.4) is 0 Å². The highest BCUT2D eigenvalue weighted by molar-refractivity contribution is 7.23. The number of hydrogen-bond donors (Lipinski definition) is 0. The molecule has 1 nitrogen and oxygen atoms in total. The van der Waals surface area contributed by atoms with Crippen molar-refractivity contribution in [1.82, 2.24) is 4.98 Å². The van der Waals surface area contributed by atoms with Gasteiger partial charge in [-0.15, -0.1) is 11.3 Å². The molecule has 2 aromatic rings. The van der Waals surface area contributed by atoms with Crippen LogP contribution in [0.4, 0.5) is 0 Å². The van der Waals surface area contributed by atoms with E-state index in [4.69, 9.17) is 34.8 Å². The molecule has 12 heavy (non-hydrogen) atoms. The molecule has 0 aromatic carbocycles. The molecule has 0 aliphatic heterocycles. The molecule has 0 fully saturated rings. The summed E-state index contributed by atoms with van der Waals surface area (Å²) in [4.78, 5) is 4.06. The molecular formula is C7H2Cl3NS. The van der Waals surface area contributed by atoms with E-state index in [1.165, 1.54) is 11.3 Å². The number of nitrogens with zero attached hydrogens (tertiary/aromatic N) is 1. The minimum Gasteiger partial charge on any atom is -0.234 e. The molecule has 0 aliphatic carbocycles. The summed E-state index contributed by atoms with van der Waals surface area (Å²) >= 11 is 18.8.